The number of likely N-dealkylation sites (N-methyl/N-ethyl adjacent to an activating group) is 1. The number of halogens is 1. The van der Waals surface area contributed by atoms with Crippen LogP contribution in [0.15, 0.2) is 4.52 Å². The van der Waals surface area contributed by atoms with Crippen LogP contribution in [0, 0.1) is 0 Å². The third-order valence-corrected chi connectivity index (χ3v) is 3.62. The Bertz CT molecular complexity index is 463. The molecule has 1 saturated heterocycles. The molecule has 0 radical (unpaired) electrons. The van der Waals surface area contributed by atoms with E-state index in [9.17, 15) is 4.79 Å². The summed E-state index contributed by atoms with van der Waals surface area (Å²) in [5, 5.41) is 7.14. The number of nitrogens with one attached hydrogen (secondary N) is 1. The summed E-state index contributed by atoms with van der Waals surface area (Å²) < 4.78 is 10.6. The summed E-state index contributed by atoms with van der Waals surface area (Å²) in [7, 11) is 1.76. The highest BCUT2D eigenvalue weighted by Crippen LogP contribution is 2.14. The maximum absolute atomic E-state index is 12.3. The minimum absolute atomic E-state index is 0. The molecule has 0 bridgehead atoms. The van der Waals surface area contributed by atoms with Crippen molar-refractivity contribution >= 4 is 18.3 Å². The topological polar surface area (TPSA) is 80.5 Å². The van der Waals surface area contributed by atoms with E-state index in [1.54, 1.807) is 11.9 Å². The molecule has 2 heterocycles. The van der Waals surface area contributed by atoms with E-state index in [0.717, 1.165) is 25.8 Å². The highest BCUT2D eigenvalue weighted by Gasteiger charge is 2.25. The van der Waals surface area contributed by atoms with Gasteiger partial charge in [-0.15, -0.1) is 12.4 Å². The van der Waals surface area contributed by atoms with E-state index in [2.05, 4.69) is 15.5 Å². The Morgan fingerprint density at radius 1 is 1.55 bits per heavy atom. The van der Waals surface area contributed by atoms with Gasteiger partial charge in [0.15, 0.2) is 5.82 Å². The summed E-state index contributed by atoms with van der Waals surface area (Å²) in [6, 6.07) is -0.0894. The Kier molecular flexibility index (Phi) is 7.78. The predicted octanol–water partition coefficient (Wildman–Crippen LogP) is 1.69. The Morgan fingerprint density at radius 3 is 2.95 bits per heavy atom. The van der Waals surface area contributed by atoms with Gasteiger partial charge < -0.3 is 19.5 Å². The lowest BCUT2D eigenvalue weighted by atomic mass is 10.0. The van der Waals surface area contributed by atoms with E-state index >= 15 is 0 Å². The lowest BCUT2D eigenvalue weighted by Gasteiger charge is -2.26. The maximum Gasteiger partial charge on any atom is 0.246 e. The van der Waals surface area contributed by atoms with Crippen molar-refractivity contribution in [3.05, 3.63) is 11.7 Å². The lowest BCUT2D eigenvalue weighted by molar-refractivity contribution is -0.133. The van der Waals surface area contributed by atoms with Gasteiger partial charge in [0.2, 0.25) is 11.8 Å². The molecule has 1 aromatic heterocycles. The molecular formula is C14H25ClN4O3. The summed E-state index contributed by atoms with van der Waals surface area (Å²) in [6.07, 6.45) is 2.91. The lowest BCUT2D eigenvalue weighted by Crippen LogP contribution is -2.47. The summed E-state index contributed by atoms with van der Waals surface area (Å²) in [5.74, 6) is 1.03. The van der Waals surface area contributed by atoms with E-state index in [4.69, 9.17) is 9.26 Å². The van der Waals surface area contributed by atoms with Crippen molar-refractivity contribution in [3.8, 4) is 0 Å². The molecule has 2 atom stereocenters. The number of nitrogens with zero attached hydrogens (tertiary/aromatic N) is 3. The third kappa shape index (κ3) is 4.93. The predicted molar refractivity (Wildman–Crippen MR) is 83.7 cm³/mol. The van der Waals surface area contributed by atoms with Gasteiger partial charge in [0.25, 0.3) is 0 Å². The number of ether oxygens (including phenoxy) is 1. The van der Waals surface area contributed by atoms with Gasteiger partial charge in [0, 0.05) is 13.7 Å². The van der Waals surface area contributed by atoms with E-state index in [0.29, 0.717) is 24.9 Å². The second kappa shape index (κ2) is 9.07. The minimum Gasteiger partial charge on any atom is -0.371 e. The first-order chi connectivity index (χ1) is 10.1. The monoisotopic (exact) mass is 332 g/mol. The summed E-state index contributed by atoms with van der Waals surface area (Å²) >= 11 is 0. The number of aromatic nitrogens is 2. The van der Waals surface area contributed by atoms with Crippen molar-refractivity contribution in [2.24, 2.45) is 0 Å². The van der Waals surface area contributed by atoms with Crippen molar-refractivity contribution < 1.29 is 14.1 Å². The largest absolute Gasteiger partial charge is 0.371 e. The zero-order valence-corrected chi connectivity index (χ0v) is 14.2. The fraction of sp³-hybridized carbons (Fsp3) is 0.786. The number of carbonyl (C=O) groups is 1. The molecule has 2 unspecified atom stereocenters. The second-order valence-electron chi connectivity index (χ2n) is 5.34. The van der Waals surface area contributed by atoms with Crippen LogP contribution in [0.5, 0.6) is 0 Å². The number of amides is 1. The number of piperidine rings is 1. The molecule has 0 saturated carbocycles. The molecule has 1 fully saturated rings. The van der Waals surface area contributed by atoms with Crippen LogP contribution in [-0.2, 0) is 16.1 Å². The fourth-order valence-electron chi connectivity index (χ4n) is 2.43. The molecule has 22 heavy (non-hydrogen) atoms. The molecule has 1 aliphatic rings. The third-order valence-electron chi connectivity index (χ3n) is 3.62. The van der Waals surface area contributed by atoms with Crippen molar-refractivity contribution in [1.82, 2.24) is 20.4 Å². The molecule has 1 N–H and O–H groups in total. The number of rotatable bonds is 6. The Morgan fingerprint density at radius 2 is 2.32 bits per heavy atom. The first kappa shape index (κ1) is 18.9. The van der Waals surface area contributed by atoms with Gasteiger partial charge in [-0.25, -0.2) is 0 Å². The van der Waals surface area contributed by atoms with Crippen LogP contribution in [0.3, 0.4) is 0 Å². The second-order valence-corrected chi connectivity index (χ2v) is 5.34. The number of carbonyl (C=O) groups excluding carboxylic acids is 1. The first-order valence-electron chi connectivity index (χ1n) is 7.54. The molecule has 2 rings (SSSR count). The van der Waals surface area contributed by atoms with Gasteiger partial charge in [0.05, 0.1) is 12.6 Å². The summed E-state index contributed by atoms with van der Waals surface area (Å²) in [6.45, 7) is 5.61. The minimum atomic E-state index is -0.200. The Hall–Kier alpha value is -1.18. The van der Waals surface area contributed by atoms with Crippen molar-refractivity contribution in [2.45, 2.75) is 51.8 Å². The van der Waals surface area contributed by atoms with Crippen LogP contribution in [0.4, 0.5) is 0 Å². The number of hydrogen-bond donors (Lipinski definition) is 1. The van der Waals surface area contributed by atoms with E-state index in [1.807, 2.05) is 13.8 Å². The Labute approximate surface area is 137 Å². The van der Waals surface area contributed by atoms with Crippen LogP contribution in [0.2, 0.25) is 0 Å². The van der Waals surface area contributed by atoms with E-state index < -0.39 is 0 Å². The fourth-order valence-corrected chi connectivity index (χ4v) is 2.43. The van der Waals surface area contributed by atoms with Crippen LogP contribution in [0.25, 0.3) is 0 Å². The van der Waals surface area contributed by atoms with Gasteiger partial charge in [-0.1, -0.05) is 11.6 Å². The van der Waals surface area contributed by atoms with Crippen LogP contribution < -0.4 is 5.32 Å². The van der Waals surface area contributed by atoms with Crippen molar-refractivity contribution in [1.29, 1.82) is 0 Å². The molecule has 1 aromatic rings. The van der Waals surface area contributed by atoms with Crippen LogP contribution >= 0.6 is 12.4 Å². The van der Waals surface area contributed by atoms with Gasteiger partial charge in [-0.2, -0.15) is 4.98 Å². The molecule has 0 spiro atoms. The summed E-state index contributed by atoms with van der Waals surface area (Å²) in [4.78, 5) is 18.2. The summed E-state index contributed by atoms with van der Waals surface area (Å²) in [5.41, 5.74) is 0. The highest BCUT2D eigenvalue weighted by atomic mass is 35.5. The molecule has 7 nitrogen and oxygen atoms in total. The Balaban J connectivity index is 0.00000242. The molecule has 8 heteroatoms. The highest BCUT2D eigenvalue weighted by molar-refractivity contribution is 5.85. The van der Waals surface area contributed by atoms with Crippen molar-refractivity contribution in [2.75, 3.05) is 20.2 Å². The standard InChI is InChI=1S/C14H24N4O3.ClH/c1-4-20-10(2)13-16-12(21-17-13)9-18(3)14(19)11-7-5-6-8-15-11;/h10-11,15H,4-9H2,1-3H3;1H. The average Bonchev–Trinajstić information content (AvgIpc) is 2.96. The van der Waals surface area contributed by atoms with Gasteiger partial charge >= 0.3 is 0 Å². The van der Waals surface area contributed by atoms with Gasteiger partial charge in [0.1, 0.15) is 6.10 Å². The van der Waals surface area contributed by atoms with Gasteiger partial charge in [-0.3, -0.25) is 4.79 Å². The zero-order valence-electron chi connectivity index (χ0n) is 13.4. The zero-order chi connectivity index (χ0) is 15.2. The number of hydrogen-bond acceptors (Lipinski definition) is 6. The quantitative estimate of drug-likeness (QED) is 0.853. The molecule has 0 aromatic carbocycles. The van der Waals surface area contributed by atoms with Crippen molar-refractivity contribution in [3.63, 3.8) is 0 Å². The molecule has 1 amide bonds. The van der Waals surface area contributed by atoms with E-state index in [-0.39, 0.29) is 30.5 Å². The normalized spacial score (nSPS) is 19.3. The maximum atomic E-state index is 12.3. The first-order valence-corrected chi connectivity index (χ1v) is 7.54. The van der Waals surface area contributed by atoms with Crippen LogP contribution in [0.1, 0.15) is 50.9 Å². The smallest absolute Gasteiger partial charge is 0.246 e. The van der Waals surface area contributed by atoms with E-state index in [1.165, 1.54) is 0 Å². The molecular weight excluding hydrogens is 308 g/mol. The van der Waals surface area contributed by atoms with Gasteiger partial charge in [-0.05, 0) is 33.2 Å². The van der Waals surface area contributed by atoms with Crippen LogP contribution in [-0.4, -0.2) is 47.2 Å². The average molecular weight is 333 g/mol. The SMILES string of the molecule is CCOC(C)c1noc(CN(C)C(=O)C2CCCCN2)n1.Cl. The molecule has 0 aliphatic carbocycles. The molecule has 1 aliphatic heterocycles. The molecule has 126 valence electrons.